The van der Waals surface area contributed by atoms with Gasteiger partial charge in [-0.2, -0.15) is 5.10 Å². The third-order valence-corrected chi connectivity index (χ3v) is 3.27. The summed E-state index contributed by atoms with van der Waals surface area (Å²) in [5, 5.41) is 10.6. The molecule has 0 saturated heterocycles. The van der Waals surface area contributed by atoms with Crippen molar-refractivity contribution in [3.63, 3.8) is 0 Å². The van der Waals surface area contributed by atoms with Gasteiger partial charge in [0, 0.05) is 25.6 Å². The molecule has 1 rings (SSSR count). The Hall–Kier alpha value is -1.72. The Balaban J connectivity index is 2.51. The minimum absolute atomic E-state index is 0.0590. The summed E-state index contributed by atoms with van der Waals surface area (Å²) in [7, 11) is 0. The van der Waals surface area contributed by atoms with E-state index in [2.05, 4.69) is 29.6 Å². The van der Waals surface area contributed by atoms with Crippen LogP contribution in [-0.2, 0) is 11.3 Å². The Labute approximate surface area is 121 Å². The molecule has 4 N–H and O–H groups in total. The quantitative estimate of drug-likeness (QED) is 0.679. The van der Waals surface area contributed by atoms with Crippen molar-refractivity contribution in [2.75, 3.05) is 17.6 Å². The summed E-state index contributed by atoms with van der Waals surface area (Å²) >= 11 is 0. The molecule has 1 atom stereocenters. The molecule has 0 aliphatic rings. The Bertz CT molecular complexity index is 441. The number of anilines is 2. The molecule has 0 aliphatic carbocycles. The molecule has 114 valence electrons. The normalized spacial score (nSPS) is 12.2. The van der Waals surface area contributed by atoms with Gasteiger partial charge in [0.1, 0.15) is 5.82 Å². The highest BCUT2D eigenvalue weighted by Gasteiger charge is 2.12. The summed E-state index contributed by atoms with van der Waals surface area (Å²) in [6, 6.07) is 0.223. The topological polar surface area (TPSA) is 85.0 Å². The molecule has 1 unspecified atom stereocenters. The Morgan fingerprint density at radius 3 is 2.75 bits per heavy atom. The molecule has 0 aliphatic heterocycles. The van der Waals surface area contributed by atoms with Gasteiger partial charge in [-0.15, -0.1) is 0 Å². The summed E-state index contributed by atoms with van der Waals surface area (Å²) in [6.45, 7) is 9.42. The van der Waals surface area contributed by atoms with Gasteiger partial charge in [0.25, 0.3) is 0 Å². The Morgan fingerprint density at radius 1 is 1.45 bits per heavy atom. The summed E-state index contributed by atoms with van der Waals surface area (Å²) in [5.41, 5.74) is 7.50. The zero-order valence-electron chi connectivity index (χ0n) is 13.0. The van der Waals surface area contributed by atoms with Crippen LogP contribution in [0.5, 0.6) is 0 Å². The first-order valence-electron chi connectivity index (χ1n) is 7.35. The molecule has 0 radical (unpaired) electrons. The van der Waals surface area contributed by atoms with Crippen molar-refractivity contribution in [1.29, 1.82) is 0 Å². The molecule has 6 heteroatoms. The van der Waals surface area contributed by atoms with Crippen LogP contribution < -0.4 is 16.4 Å². The molecule has 1 aromatic heterocycles. The number of nitrogens with two attached hydrogens (primary N) is 1. The molecule has 0 spiro atoms. The molecule has 0 fully saturated rings. The molecule has 0 bridgehead atoms. The fraction of sp³-hybridized carbons (Fsp3) is 0.714. The smallest absolute Gasteiger partial charge is 0.221 e. The number of carbonyl (C=O) groups is 1. The number of hydrogen-bond acceptors (Lipinski definition) is 4. The monoisotopic (exact) mass is 281 g/mol. The van der Waals surface area contributed by atoms with Gasteiger partial charge in [0.15, 0.2) is 0 Å². The van der Waals surface area contributed by atoms with Gasteiger partial charge in [-0.25, -0.2) is 4.68 Å². The van der Waals surface area contributed by atoms with E-state index in [1.54, 1.807) is 0 Å². The van der Waals surface area contributed by atoms with Gasteiger partial charge in [-0.1, -0.05) is 13.8 Å². The van der Waals surface area contributed by atoms with Gasteiger partial charge < -0.3 is 16.4 Å². The van der Waals surface area contributed by atoms with Crippen LogP contribution in [0.2, 0.25) is 0 Å². The Kier molecular flexibility index (Phi) is 6.35. The Morgan fingerprint density at radius 2 is 2.15 bits per heavy atom. The molecule has 6 nitrogen and oxygen atoms in total. The lowest BCUT2D eigenvalue weighted by atomic mass is 10.2. The molecule has 1 aromatic rings. The standard InChI is InChI=1S/C14H27N5O/c1-5-9-19-14(13(15)11(4)18-19)16-8-7-12(20)17-10(3)6-2/h10,16H,5-9,15H2,1-4H3,(H,17,20). The maximum Gasteiger partial charge on any atom is 0.221 e. The van der Waals surface area contributed by atoms with E-state index in [9.17, 15) is 4.79 Å². The predicted molar refractivity (Wildman–Crippen MR) is 82.7 cm³/mol. The molecule has 0 saturated carbocycles. The first-order valence-corrected chi connectivity index (χ1v) is 7.35. The number of nitrogen functional groups attached to an aromatic ring is 1. The van der Waals surface area contributed by atoms with Crippen LogP contribution in [0, 0.1) is 6.92 Å². The summed E-state index contributed by atoms with van der Waals surface area (Å²) in [4.78, 5) is 11.7. The van der Waals surface area contributed by atoms with Crippen molar-refractivity contribution < 1.29 is 4.79 Å². The zero-order chi connectivity index (χ0) is 15.1. The van der Waals surface area contributed by atoms with E-state index < -0.39 is 0 Å². The summed E-state index contributed by atoms with van der Waals surface area (Å²) in [5.74, 6) is 0.879. The second kappa shape index (κ2) is 7.77. The molecule has 0 aromatic carbocycles. The summed E-state index contributed by atoms with van der Waals surface area (Å²) in [6.07, 6.45) is 2.36. The molecular weight excluding hydrogens is 254 g/mol. The number of aryl methyl sites for hydroxylation is 2. The van der Waals surface area contributed by atoms with Crippen LogP contribution in [0.15, 0.2) is 0 Å². The van der Waals surface area contributed by atoms with Crippen molar-refractivity contribution in [2.24, 2.45) is 0 Å². The number of nitrogens with zero attached hydrogens (tertiary/aromatic N) is 2. The highest BCUT2D eigenvalue weighted by atomic mass is 16.1. The minimum Gasteiger partial charge on any atom is -0.394 e. The number of amides is 1. The van der Waals surface area contributed by atoms with Crippen LogP contribution >= 0.6 is 0 Å². The van der Waals surface area contributed by atoms with E-state index in [0.29, 0.717) is 18.7 Å². The number of carbonyl (C=O) groups excluding carboxylic acids is 1. The van der Waals surface area contributed by atoms with Crippen LogP contribution in [0.25, 0.3) is 0 Å². The first kappa shape index (κ1) is 16.3. The second-order valence-corrected chi connectivity index (χ2v) is 5.12. The highest BCUT2D eigenvalue weighted by molar-refractivity contribution is 5.77. The van der Waals surface area contributed by atoms with Gasteiger partial charge in [0.2, 0.25) is 5.91 Å². The average molecular weight is 281 g/mol. The van der Waals surface area contributed by atoms with Gasteiger partial charge in [-0.3, -0.25) is 4.79 Å². The number of hydrogen-bond donors (Lipinski definition) is 3. The second-order valence-electron chi connectivity index (χ2n) is 5.12. The van der Waals surface area contributed by atoms with E-state index in [1.807, 2.05) is 18.5 Å². The van der Waals surface area contributed by atoms with Crippen LogP contribution in [-0.4, -0.2) is 28.3 Å². The van der Waals surface area contributed by atoms with Gasteiger partial charge in [-0.05, 0) is 26.7 Å². The average Bonchev–Trinajstić information content (AvgIpc) is 2.66. The predicted octanol–water partition coefficient (Wildman–Crippen LogP) is 1.90. The lowest BCUT2D eigenvalue weighted by Gasteiger charge is -2.13. The van der Waals surface area contributed by atoms with Gasteiger partial charge >= 0.3 is 0 Å². The maximum absolute atomic E-state index is 11.7. The molecule has 20 heavy (non-hydrogen) atoms. The number of nitrogens with one attached hydrogen (secondary N) is 2. The SMILES string of the molecule is CCCn1nc(C)c(N)c1NCCC(=O)NC(C)CC. The zero-order valence-corrected chi connectivity index (χ0v) is 13.0. The van der Waals surface area contributed by atoms with Gasteiger partial charge in [0.05, 0.1) is 11.4 Å². The highest BCUT2D eigenvalue weighted by Crippen LogP contribution is 2.22. The van der Waals surface area contributed by atoms with Crippen molar-refractivity contribution in [1.82, 2.24) is 15.1 Å². The molecule has 1 heterocycles. The number of aromatic nitrogens is 2. The van der Waals surface area contributed by atoms with E-state index in [-0.39, 0.29) is 11.9 Å². The number of rotatable bonds is 8. The van der Waals surface area contributed by atoms with E-state index in [4.69, 9.17) is 5.73 Å². The van der Waals surface area contributed by atoms with E-state index in [0.717, 1.165) is 30.9 Å². The van der Waals surface area contributed by atoms with Crippen LogP contribution in [0.4, 0.5) is 11.5 Å². The van der Waals surface area contributed by atoms with Crippen molar-refractivity contribution >= 4 is 17.4 Å². The van der Waals surface area contributed by atoms with Crippen molar-refractivity contribution in [2.45, 2.75) is 59.5 Å². The maximum atomic E-state index is 11.7. The first-order chi connectivity index (χ1) is 9.49. The lowest BCUT2D eigenvalue weighted by molar-refractivity contribution is -0.121. The van der Waals surface area contributed by atoms with Crippen LogP contribution in [0.1, 0.15) is 45.7 Å². The van der Waals surface area contributed by atoms with Crippen molar-refractivity contribution in [3.05, 3.63) is 5.69 Å². The lowest BCUT2D eigenvalue weighted by Crippen LogP contribution is -2.33. The van der Waals surface area contributed by atoms with Crippen molar-refractivity contribution in [3.8, 4) is 0 Å². The third kappa shape index (κ3) is 4.43. The molecular formula is C14H27N5O. The largest absolute Gasteiger partial charge is 0.394 e. The van der Waals surface area contributed by atoms with Crippen LogP contribution in [0.3, 0.4) is 0 Å². The minimum atomic E-state index is 0.0590. The molecule has 1 amide bonds. The fourth-order valence-electron chi connectivity index (χ4n) is 1.90. The van der Waals surface area contributed by atoms with E-state index in [1.165, 1.54) is 0 Å². The fourth-order valence-corrected chi connectivity index (χ4v) is 1.90. The third-order valence-electron chi connectivity index (χ3n) is 3.27. The summed E-state index contributed by atoms with van der Waals surface area (Å²) < 4.78 is 1.87. The van der Waals surface area contributed by atoms with E-state index >= 15 is 0 Å².